The van der Waals surface area contributed by atoms with Gasteiger partial charge in [-0.2, -0.15) is 0 Å². The first-order valence-electron chi connectivity index (χ1n) is 9.59. The lowest BCUT2D eigenvalue weighted by Gasteiger charge is -2.24. The highest BCUT2D eigenvalue weighted by molar-refractivity contribution is 6.12. The molecular weight excluding hydrogens is 358 g/mol. The second kappa shape index (κ2) is 5.52. The van der Waals surface area contributed by atoms with Crippen molar-refractivity contribution in [3.05, 3.63) is 53.8 Å². The highest BCUT2D eigenvalue weighted by Gasteiger charge is 2.57. The third-order valence-electron chi connectivity index (χ3n) is 6.23. The lowest BCUT2D eigenvalue weighted by atomic mass is 9.77. The van der Waals surface area contributed by atoms with Gasteiger partial charge < -0.3 is 23.9 Å². The molecule has 2 unspecified atom stereocenters. The summed E-state index contributed by atoms with van der Waals surface area (Å²) in [4.78, 5) is 15.7. The first-order chi connectivity index (χ1) is 13.7. The molecule has 0 radical (unpaired) electrons. The number of aromatic hydroxyl groups is 1. The van der Waals surface area contributed by atoms with Crippen LogP contribution in [0.4, 0.5) is 5.69 Å². The maximum Gasteiger partial charge on any atom is 0.245 e. The maximum atomic E-state index is 13.8. The van der Waals surface area contributed by atoms with Gasteiger partial charge >= 0.3 is 0 Å². The van der Waals surface area contributed by atoms with E-state index in [4.69, 9.17) is 13.9 Å². The van der Waals surface area contributed by atoms with Crippen LogP contribution in [0.15, 0.2) is 47.1 Å². The van der Waals surface area contributed by atoms with E-state index < -0.39 is 5.41 Å². The number of nitrogens with zero attached hydrogens (tertiary/aromatic N) is 1. The van der Waals surface area contributed by atoms with Gasteiger partial charge in [-0.15, -0.1) is 0 Å². The Hall–Kier alpha value is -2.99. The summed E-state index contributed by atoms with van der Waals surface area (Å²) in [5.41, 5.74) is 2.28. The highest BCUT2D eigenvalue weighted by atomic mass is 16.5. The Bertz CT molecular complexity index is 1110. The molecule has 1 saturated heterocycles. The first kappa shape index (κ1) is 16.0. The van der Waals surface area contributed by atoms with E-state index in [9.17, 15) is 9.90 Å². The van der Waals surface area contributed by atoms with Crippen LogP contribution in [0, 0.1) is 0 Å². The summed E-state index contributed by atoms with van der Waals surface area (Å²) < 4.78 is 17.2. The third-order valence-corrected chi connectivity index (χ3v) is 6.23. The molecule has 3 aliphatic rings. The lowest BCUT2D eigenvalue weighted by Crippen LogP contribution is -2.44. The van der Waals surface area contributed by atoms with Crippen LogP contribution in [-0.2, 0) is 14.9 Å². The van der Waals surface area contributed by atoms with Gasteiger partial charge in [0.15, 0.2) is 5.75 Å². The summed E-state index contributed by atoms with van der Waals surface area (Å²) in [5.74, 6) is 0.698. The van der Waals surface area contributed by atoms with E-state index in [0.29, 0.717) is 23.3 Å². The number of rotatable bonds is 2. The average molecular weight is 377 g/mol. The Balaban J connectivity index is 1.53. The molecule has 1 spiro atoms. The molecule has 4 heterocycles. The summed E-state index contributed by atoms with van der Waals surface area (Å²) in [5, 5.41) is 10.7. The molecule has 28 heavy (non-hydrogen) atoms. The Labute approximate surface area is 161 Å². The monoisotopic (exact) mass is 377 g/mol. The molecule has 1 aromatic heterocycles. The van der Waals surface area contributed by atoms with Crippen molar-refractivity contribution in [3.63, 3.8) is 0 Å². The van der Waals surface area contributed by atoms with Crippen LogP contribution < -0.4 is 9.64 Å². The Morgan fingerprint density at radius 1 is 1.21 bits per heavy atom. The summed E-state index contributed by atoms with van der Waals surface area (Å²) in [6, 6.07) is 11.5. The van der Waals surface area contributed by atoms with Crippen molar-refractivity contribution >= 4 is 22.6 Å². The minimum absolute atomic E-state index is 0.00489. The van der Waals surface area contributed by atoms with Gasteiger partial charge in [0, 0.05) is 23.9 Å². The number of para-hydroxylation sites is 1. The van der Waals surface area contributed by atoms with Gasteiger partial charge in [-0.25, -0.2) is 0 Å². The van der Waals surface area contributed by atoms with Gasteiger partial charge in [-0.05, 0) is 30.5 Å². The normalized spacial score (nSPS) is 25.5. The maximum absolute atomic E-state index is 13.8. The molecule has 0 saturated carbocycles. The van der Waals surface area contributed by atoms with Crippen molar-refractivity contribution in [2.75, 3.05) is 24.7 Å². The second-order valence-corrected chi connectivity index (χ2v) is 7.73. The summed E-state index contributed by atoms with van der Waals surface area (Å²) in [6.07, 6.45) is 3.37. The van der Waals surface area contributed by atoms with Crippen LogP contribution in [0.5, 0.6) is 11.5 Å². The molecule has 3 aromatic rings. The van der Waals surface area contributed by atoms with Crippen molar-refractivity contribution in [1.29, 1.82) is 0 Å². The van der Waals surface area contributed by atoms with Crippen LogP contribution in [0.2, 0.25) is 0 Å². The minimum Gasteiger partial charge on any atom is -0.504 e. The second-order valence-electron chi connectivity index (χ2n) is 7.73. The van der Waals surface area contributed by atoms with E-state index in [1.807, 2.05) is 35.2 Å². The number of hydrogen-bond acceptors (Lipinski definition) is 5. The van der Waals surface area contributed by atoms with E-state index in [1.165, 1.54) is 6.26 Å². The van der Waals surface area contributed by atoms with Crippen molar-refractivity contribution in [3.8, 4) is 11.5 Å². The molecule has 1 amide bonds. The fourth-order valence-electron chi connectivity index (χ4n) is 4.86. The molecule has 1 N–H and O–H groups in total. The van der Waals surface area contributed by atoms with E-state index >= 15 is 0 Å². The van der Waals surface area contributed by atoms with E-state index in [-0.39, 0.29) is 24.4 Å². The molecular formula is C22H19NO5. The molecule has 6 nitrogen and oxygen atoms in total. The Morgan fingerprint density at radius 2 is 2.11 bits per heavy atom. The predicted molar refractivity (Wildman–Crippen MR) is 102 cm³/mol. The average Bonchev–Trinajstić information content (AvgIpc) is 3.47. The number of ether oxygens (including phenoxy) is 2. The van der Waals surface area contributed by atoms with Crippen LogP contribution in [0.3, 0.4) is 0 Å². The van der Waals surface area contributed by atoms with Gasteiger partial charge in [0.1, 0.15) is 29.6 Å². The smallest absolute Gasteiger partial charge is 0.245 e. The molecule has 0 bridgehead atoms. The van der Waals surface area contributed by atoms with Gasteiger partial charge in [-0.1, -0.05) is 18.2 Å². The number of hydrogen-bond donors (Lipinski definition) is 1. The third kappa shape index (κ3) is 1.93. The summed E-state index contributed by atoms with van der Waals surface area (Å²) in [7, 11) is 0. The molecule has 0 aliphatic carbocycles. The zero-order valence-corrected chi connectivity index (χ0v) is 15.2. The SMILES string of the molecule is O=C1N(CC2CCCO2)c2ccccc2C12COc1cc3occ(O)c3cc12. The van der Waals surface area contributed by atoms with Crippen molar-refractivity contribution < 1.29 is 23.8 Å². The Kier molecular flexibility index (Phi) is 3.15. The van der Waals surface area contributed by atoms with Gasteiger partial charge in [-0.3, -0.25) is 4.79 Å². The van der Waals surface area contributed by atoms with Crippen molar-refractivity contribution in [2.45, 2.75) is 24.4 Å². The quantitative estimate of drug-likeness (QED) is 0.742. The van der Waals surface area contributed by atoms with E-state index in [2.05, 4.69) is 0 Å². The van der Waals surface area contributed by atoms with Crippen molar-refractivity contribution in [1.82, 2.24) is 0 Å². The van der Waals surface area contributed by atoms with Crippen LogP contribution in [-0.4, -0.2) is 36.9 Å². The number of amides is 1. The zero-order chi connectivity index (χ0) is 18.9. The van der Waals surface area contributed by atoms with Crippen LogP contribution >= 0.6 is 0 Å². The first-order valence-corrected chi connectivity index (χ1v) is 9.59. The predicted octanol–water partition coefficient (Wildman–Crippen LogP) is 3.34. The number of carbonyl (C=O) groups is 1. The molecule has 1 fully saturated rings. The fraction of sp³-hybridized carbons (Fsp3) is 0.318. The number of fused-ring (bicyclic) bond motifs is 5. The standard InChI is InChI=1S/C22H19NO5/c24-18-11-27-19-9-20-16(8-14(18)19)22(12-28-20)15-5-1-2-6-17(15)23(21(22)25)10-13-4-3-7-26-13/h1-2,5-6,8-9,11,13,24H,3-4,7,10,12H2. The van der Waals surface area contributed by atoms with Gasteiger partial charge in [0.2, 0.25) is 5.91 Å². The molecule has 6 heteroatoms. The van der Waals surface area contributed by atoms with Gasteiger partial charge in [0.05, 0.1) is 18.0 Å². The highest BCUT2D eigenvalue weighted by Crippen LogP contribution is 2.53. The minimum atomic E-state index is -0.900. The number of carbonyl (C=O) groups excluding carboxylic acids is 1. The van der Waals surface area contributed by atoms with E-state index in [1.54, 1.807) is 6.07 Å². The molecule has 2 aromatic carbocycles. The zero-order valence-electron chi connectivity index (χ0n) is 15.2. The molecule has 3 aliphatic heterocycles. The van der Waals surface area contributed by atoms with E-state index in [0.717, 1.165) is 36.3 Å². The number of benzene rings is 2. The Morgan fingerprint density at radius 3 is 2.96 bits per heavy atom. The molecule has 6 rings (SSSR count). The van der Waals surface area contributed by atoms with Crippen molar-refractivity contribution in [2.24, 2.45) is 0 Å². The topological polar surface area (TPSA) is 72.1 Å². The molecule has 2 atom stereocenters. The largest absolute Gasteiger partial charge is 0.504 e. The van der Waals surface area contributed by atoms with Gasteiger partial charge in [0.25, 0.3) is 0 Å². The van der Waals surface area contributed by atoms with Crippen LogP contribution in [0.1, 0.15) is 24.0 Å². The molecule has 142 valence electrons. The van der Waals surface area contributed by atoms with Crippen LogP contribution in [0.25, 0.3) is 11.0 Å². The lowest BCUT2D eigenvalue weighted by molar-refractivity contribution is -0.122. The fourth-order valence-corrected chi connectivity index (χ4v) is 4.86. The summed E-state index contributed by atoms with van der Waals surface area (Å²) >= 11 is 0. The summed E-state index contributed by atoms with van der Waals surface area (Å²) in [6.45, 7) is 1.54. The number of anilines is 1. The number of furan rings is 1.